The van der Waals surface area contributed by atoms with Crippen LogP contribution in [0, 0.1) is 11.8 Å². The van der Waals surface area contributed by atoms with Gasteiger partial charge in [0.15, 0.2) is 0 Å². The molecule has 0 saturated carbocycles. The number of benzene rings is 2. The summed E-state index contributed by atoms with van der Waals surface area (Å²) in [7, 11) is 1.63. The van der Waals surface area contributed by atoms with Gasteiger partial charge in [-0.05, 0) is 41.0 Å². The summed E-state index contributed by atoms with van der Waals surface area (Å²) >= 11 is 0. The van der Waals surface area contributed by atoms with Gasteiger partial charge in [-0.15, -0.1) is 0 Å². The first kappa shape index (κ1) is 25.3. The predicted molar refractivity (Wildman–Crippen MR) is 131 cm³/mol. The standard InChI is InChI=1S/C27H34N2O5/c1-18(12-13-25(30)29(3)16-19(2)26(31)32)14-15-28-27(33)34-17-24-22-10-6-4-8-20(22)21-9-5-7-11-23(21)24/h4-11,18-19,24H,12-17H2,1-3H3,(H,28,33)(H,31,32). The van der Waals surface area contributed by atoms with E-state index in [9.17, 15) is 14.4 Å². The molecule has 0 saturated heterocycles. The smallest absolute Gasteiger partial charge is 0.407 e. The molecule has 34 heavy (non-hydrogen) atoms. The van der Waals surface area contributed by atoms with Gasteiger partial charge in [0.1, 0.15) is 6.61 Å². The second kappa shape index (κ2) is 11.7. The van der Waals surface area contributed by atoms with Gasteiger partial charge in [-0.1, -0.05) is 62.4 Å². The van der Waals surface area contributed by atoms with Crippen molar-refractivity contribution in [1.82, 2.24) is 10.2 Å². The number of rotatable bonds is 11. The fourth-order valence-electron chi connectivity index (χ4n) is 4.37. The lowest BCUT2D eigenvalue weighted by molar-refractivity contribution is -0.142. The van der Waals surface area contributed by atoms with Crippen LogP contribution in [0.15, 0.2) is 48.5 Å². The van der Waals surface area contributed by atoms with Crippen molar-refractivity contribution in [2.75, 3.05) is 26.7 Å². The number of alkyl carbamates (subject to hydrolysis) is 1. The number of amides is 2. The van der Waals surface area contributed by atoms with E-state index in [1.165, 1.54) is 27.2 Å². The number of nitrogens with zero attached hydrogens (tertiary/aromatic N) is 1. The van der Waals surface area contributed by atoms with E-state index < -0.39 is 18.0 Å². The Kier molecular flexibility index (Phi) is 8.68. The average Bonchev–Trinajstić information content (AvgIpc) is 3.14. The van der Waals surface area contributed by atoms with Crippen molar-refractivity contribution in [3.05, 3.63) is 59.7 Å². The highest BCUT2D eigenvalue weighted by molar-refractivity contribution is 5.79. The van der Waals surface area contributed by atoms with Gasteiger partial charge in [0.25, 0.3) is 0 Å². The summed E-state index contributed by atoms with van der Waals surface area (Å²) < 4.78 is 5.55. The van der Waals surface area contributed by atoms with Crippen LogP contribution >= 0.6 is 0 Å². The van der Waals surface area contributed by atoms with Crippen LogP contribution in [-0.2, 0) is 14.3 Å². The molecule has 1 aliphatic rings. The number of carboxylic acids is 1. The summed E-state index contributed by atoms with van der Waals surface area (Å²) in [6.45, 7) is 4.57. The molecule has 2 aromatic carbocycles. The highest BCUT2D eigenvalue weighted by Gasteiger charge is 2.29. The van der Waals surface area contributed by atoms with E-state index in [-0.39, 0.29) is 30.9 Å². The second-order valence-corrected chi connectivity index (χ2v) is 9.20. The van der Waals surface area contributed by atoms with Crippen LogP contribution < -0.4 is 5.32 Å². The molecule has 2 aromatic rings. The van der Waals surface area contributed by atoms with Crippen molar-refractivity contribution in [1.29, 1.82) is 0 Å². The molecule has 0 aromatic heterocycles. The Balaban J connectivity index is 1.37. The molecule has 0 heterocycles. The lowest BCUT2D eigenvalue weighted by Gasteiger charge is -2.20. The molecule has 0 fully saturated rings. The van der Waals surface area contributed by atoms with E-state index in [2.05, 4.69) is 29.6 Å². The van der Waals surface area contributed by atoms with Crippen LogP contribution in [0.1, 0.15) is 50.2 Å². The third-order valence-electron chi connectivity index (χ3n) is 6.50. The minimum Gasteiger partial charge on any atom is -0.481 e. The van der Waals surface area contributed by atoms with Gasteiger partial charge in [0.2, 0.25) is 5.91 Å². The van der Waals surface area contributed by atoms with Crippen LogP contribution in [0.3, 0.4) is 0 Å². The SMILES string of the molecule is CC(CCNC(=O)OCC1c2ccccc2-c2ccccc21)CCC(=O)N(C)CC(C)C(=O)O. The molecule has 3 rings (SSSR count). The molecule has 7 nitrogen and oxygen atoms in total. The fourth-order valence-corrected chi connectivity index (χ4v) is 4.37. The molecule has 0 radical (unpaired) electrons. The predicted octanol–water partition coefficient (Wildman–Crippen LogP) is 4.51. The van der Waals surface area contributed by atoms with Gasteiger partial charge < -0.3 is 20.1 Å². The van der Waals surface area contributed by atoms with Gasteiger partial charge in [-0.3, -0.25) is 9.59 Å². The van der Waals surface area contributed by atoms with Crippen molar-refractivity contribution in [3.63, 3.8) is 0 Å². The summed E-state index contributed by atoms with van der Waals surface area (Å²) in [5.41, 5.74) is 4.74. The number of hydrogen-bond donors (Lipinski definition) is 2. The third-order valence-corrected chi connectivity index (χ3v) is 6.50. The van der Waals surface area contributed by atoms with Crippen LogP contribution in [0.4, 0.5) is 4.79 Å². The molecule has 2 N–H and O–H groups in total. The zero-order valence-electron chi connectivity index (χ0n) is 20.1. The van der Waals surface area contributed by atoms with Crippen molar-refractivity contribution in [2.24, 2.45) is 11.8 Å². The number of carboxylic acid groups (broad SMARTS) is 1. The number of hydrogen-bond acceptors (Lipinski definition) is 4. The van der Waals surface area contributed by atoms with Crippen molar-refractivity contribution < 1.29 is 24.2 Å². The number of carbonyl (C=O) groups is 3. The van der Waals surface area contributed by atoms with Crippen LogP contribution in [0.2, 0.25) is 0 Å². The Morgan fingerprint density at radius 1 is 1.00 bits per heavy atom. The quantitative estimate of drug-likeness (QED) is 0.508. The minimum absolute atomic E-state index is 0.0314. The number of carbonyl (C=O) groups excluding carboxylic acids is 2. The Morgan fingerprint density at radius 2 is 1.59 bits per heavy atom. The highest BCUT2D eigenvalue weighted by atomic mass is 16.5. The first-order valence-electron chi connectivity index (χ1n) is 11.8. The molecule has 2 atom stereocenters. The van der Waals surface area contributed by atoms with E-state index >= 15 is 0 Å². The normalized spacial score (nSPS) is 14.0. The summed E-state index contributed by atoms with van der Waals surface area (Å²) in [6.07, 6.45) is 1.33. The minimum atomic E-state index is -0.910. The Bertz CT molecular complexity index is 976. The molecule has 0 bridgehead atoms. The van der Waals surface area contributed by atoms with E-state index in [1.54, 1.807) is 14.0 Å². The topological polar surface area (TPSA) is 95.9 Å². The summed E-state index contributed by atoms with van der Waals surface area (Å²) in [5.74, 6) is -1.29. The molecule has 0 aliphatic heterocycles. The van der Waals surface area contributed by atoms with E-state index in [4.69, 9.17) is 9.84 Å². The molecule has 0 spiro atoms. The lowest BCUT2D eigenvalue weighted by atomic mass is 9.98. The van der Waals surface area contributed by atoms with Crippen LogP contribution in [0.5, 0.6) is 0 Å². The molecule has 182 valence electrons. The molecule has 2 amide bonds. The van der Waals surface area contributed by atoms with Crippen molar-refractivity contribution in [3.8, 4) is 11.1 Å². The van der Waals surface area contributed by atoms with Gasteiger partial charge in [0, 0.05) is 32.5 Å². The van der Waals surface area contributed by atoms with Crippen molar-refractivity contribution in [2.45, 2.75) is 39.0 Å². The fraction of sp³-hybridized carbons (Fsp3) is 0.444. The molecule has 7 heteroatoms. The monoisotopic (exact) mass is 466 g/mol. The van der Waals surface area contributed by atoms with E-state index in [1.807, 2.05) is 31.2 Å². The summed E-state index contributed by atoms with van der Waals surface area (Å²) in [5, 5.41) is 11.8. The van der Waals surface area contributed by atoms with E-state index in [0.29, 0.717) is 19.4 Å². The Labute approximate surface area is 201 Å². The van der Waals surface area contributed by atoms with Gasteiger partial charge in [-0.2, -0.15) is 0 Å². The van der Waals surface area contributed by atoms with Gasteiger partial charge in [-0.25, -0.2) is 4.79 Å². The largest absolute Gasteiger partial charge is 0.481 e. The number of aliphatic carboxylic acids is 1. The molecule has 2 unspecified atom stereocenters. The highest BCUT2D eigenvalue weighted by Crippen LogP contribution is 2.44. The Morgan fingerprint density at radius 3 is 2.18 bits per heavy atom. The second-order valence-electron chi connectivity index (χ2n) is 9.20. The first-order chi connectivity index (χ1) is 16.3. The number of nitrogens with one attached hydrogen (secondary N) is 1. The van der Waals surface area contributed by atoms with Gasteiger partial charge >= 0.3 is 12.1 Å². The van der Waals surface area contributed by atoms with Gasteiger partial charge in [0.05, 0.1) is 5.92 Å². The lowest BCUT2D eigenvalue weighted by Crippen LogP contribution is -2.33. The van der Waals surface area contributed by atoms with E-state index in [0.717, 1.165) is 6.42 Å². The first-order valence-corrected chi connectivity index (χ1v) is 11.8. The molecular formula is C27H34N2O5. The third kappa shape index (κ3) is 6.37. The van der Waals surface area contributed by atoms with Crippen LogP contribution in [0.25, 0.3) is 11.1 Å². The average molecular weight is 467 g/mol. The number of fused-ring (bicyclic) bond motifs is 3. The summed E-state index contributed by atoms with van der Waals surface area (Å²) in [4.78, 5) is 36.9. The maximum atomic E-state index is 12.3. The Hall–Kier alpha value is -3.35. The van der Waals surface area contributed by atoms with Crippen LogP contribution in [-0.4, -0.2) is 54.7 Å². The maximum absolute atomic E-state index is 12.3. The molecular weight excluding hydrogens is 432 g/mol. The zero-order valence-corrected chi connectivity index (χ0v) is 20.1. The number of ether oxygens (including phenoxy) is 1. The molecule has 1 aliphatic carbocycles. The summed E-state index contributed by atoms with van der Waals surface area (Å²) in [6, 6.07) is 16.4. The zero-order chi connectivity index (χ0) is 24.7. The van der Waals surface area contributed by atoms with Crippen molar-refractivity contribution >= 4 is 18.0 Å². The maximum Gasteiger partial charge on any atom is 0.407 e.